The van der Waals surface area contributed by atoms with E-state index in [-0.39, 0.29) is 29.2 Å². The minimum atomic E-state index is -0.664. The van der Waals surface area contributed by atoms with Crippen LogP contribution in [0.25, 0.3) is 16.5 Å². The van der Waals surface area contributed by atoms with Gasteiger partial charge in [-0.25, -0.2) is 13.8 Å². The number of hydrogen-bond donors (Lipinski definition) is 2. The van der Waals surface area contributed by atoms with Gasteiger partial charge in [-0.3, -0.25) is 25.2 Å². The van der Waals surface area contributed by atoms with Crippen LogP contribution in [0.4, 0.5) is 4.39 Å². The molecule has 0 saturated carbocycles. The summed E-state index contributed by atoms with van der Waals surface area (Å²) in [5.74, 6) is -1.61. The van der Waals surface area contributed by atoms with E-state index in [0.717, 1.165) is 0 Å². The zero-order chi connectivity index (χ0) is 23.7. The van der Waals surface area contributed by atoms with Crippen LogP contribution in [0.2, 0.25) is 0 Å². The summed E-state index contributed by atoms with van der Waals surface area (Å²) in [6.07, 6.45) is 0. The molecule has 33 heavy (non-hydrogen) atoms. The third-order valence-corrected chi connectivity index (χ3v) is 5.26. The Kier molecular flexibility index (Phi) is 5.74. The van der Waals surface area contributed by atoms with Crippen LogP contribution in [-0.4, -0.2) is 31.4 Å². The van der Waals surface area contributed by atoms with Crippen LogP contribution in [0, 0.1) is 19.7 Å². The summed E-state index contributed by atoms with van der Waals surface area (Å²) in [6.45, 7) is 5.40. The van der Waals surface area contributed by atoms with Gasteiger partial charge in [0.25, 0.3) is 17.4 Å². The summed E-state index contributed by atoms with van der Waals surface area (Å²) in [7, 11) is 0. The highest BCUT2D eigenvalue weighted by atomic mass is 19.1. The molecule has 2 aromatic heterocycles. The number of carbonyl (C=O) groups excluding carboxylic acids is 2. The molecule has 2 aromatic carbocycles. The second-order valence-corrected chi connectivity index (χ2v) is 7.36. The molecule has 0 aliphatic heterocycles. The van der Waals surface area contributed by atoms with E-state index >= 15 is 0 Å². The number of fused-ring (bicyclic) bond motifs is 1. The number of hydrogen-bond acceptors (Lipinski definition) is 5. The first-order valence-electron chi connectivity index (χ1n) is 10.2. The molecule has 0 unspecified atom stereocenters. The molecular weight excluding hydrogens is 427 g/mol. The van der Waals surface area contributed by atoms with Crippen molar-refractivity contribution in [3.05, 3.63) is 87.3 Å². The Labute approximate surface area is 187 Å². The summed E-state index contributed by atoms with van der Waals surface area (Å²) in [6, 6.07) is 12.4. The SMILES string of the molecule is CCn1nc(C(=O)NNC(=O)c2c(C)nn(-c3ccc(F)cc3)c2C)c2ccccc2c1=O. The summed E-state index contributed by atoms with van der Waals surface area (Å²) in [5, 5.41) is 9.25. The lowest BCUT2D eigenvalue weighted by Gasteiger charge is -2.11. The van der Waals surface area contributed by atoms with Crippen molar-refractivity contribution in [2.75, 3.05) is 0 Å². The van der Waals surface area contributed by atoms with Gasteiger partial charge in [-0.05, 0) is 51.1 Å². The Morgan fingerprint density at radius 3 is 2.24 bits per heavy atom. The monoisotopic (exact) mass is 448 g/mol. The highest BCUT2D eigenvalue weighted by molar-refractivity contribution is 6.06. The second-order valence-electron chi connectivity index (χ2n) is 7.36. The van der Waals surface area contributed by atoms with E-state index in [1.807, 2.05) is 0 Å². The van der Waals surface area contributed by atoms with Crippen LogP contribution < -0.4 is 16.4 Å². The molecule has 2 N–H and O–H groups in total. The lowest BCUT2D eigenvalue weighted by atomic mass is 10.1. The van der Waals surface area contributed by atoms with Crippen LogP contribution >= 0.6 is 0 Å². The summed E-state index contributed by atoms with van der Waals surface area (Å²) in [5.41, 5.74) is 6.30. The molecule has 4 rings (SSSR count). The molecule has 4 aromatic rings. The third kappa shape index (κ3) is 3.98. The number of benzene rings is 2. The Bertz CT molecular complexity index is 1440. The van der Waals surface area contributed by atoms with Gasteiger partial charge in [0, 0.05) is 11.9 Å². The minimum Gasteiger partial charge on any atom is -0.267 e. The zero-order valence-corrected chi connectivity index (χ0v) is 18.2. The molecule has 0 fully saturated rings. The molecule has 0 aliphatic carbocycles. The van der Waals surface area contributed by atoms with E-state index in [1.54, 1.807) is 57.2 Å². The minimum absolute atomic E-state index is 0.0165. The van der Waals surface area contributed by atoms with Crippen molar-refractivity contribution in [1.82, 2.24) is 30.4 Å². The molecule has 0 radical (unpaired) electrons. The molecule has 9 nitrogen and oxygen atoms in total. The lowest BCUT2D eigenvalue weighted by Crippen LogP contribution is -2.43. The van der Waals surface area contributed by atoms with E-state index in [1.165, 1.54) is 21.5 Å². The van der Waals surface area contributed by atoms with Gasteiger partial charge in [0.15, 0.2) is 5.69 Å². The van der Waals surface area contributed by atoms with Gasteiger partial charge >= 0.3 is 0 Å². The fraction of sp³-hybridized carbons (Fsp3) is 0.174. The molecular formula is C23H21FN6O3. The fourth-order valence-electron chi connectivity index (χ4n) is 3.66. The maximum absolute atomic E-state index is 13.2. The highest BCUT2D eigenvalue weighted by Crippen LogP contribution is 2.18. The Balaban J connectivity index is 1.59. The van der Waals surface area contributed by atoms with Gasteiger partial charge in [0.05, 0.1) is 28.0 Å². The van der Waals surface area contributed by atoms with E-state index in [2.05, 4.69) is 21.0 Å². The van der Waals surface area contributed by atoms with Gasteiger partial charge in [-0.15, -0.1) is 0 Å². The van der Waals surface area contributed by atoms with E-state index < -0.39 is 11.8 Å². The molecule has 10 heteroatoms. The van der Waals surface area contributed by atoms with Crippen LogP contribution in [0.15, 0.2) is 53.3 Å². The summed E-state index contributed by atoms with van der Waals surface area (Å²) in [4.78, 5) is 38.2. The van der Waals surface area contributed by atoms with Gasteiger partial charge in [0.1, 0.15) is 5.82 Å². The molecule has 0 spiro atoms. The quantitative estimate of drug-likeness (QED) is 0.466. The number of aromatic nitrogens is 4. The molecule has 0 aliphatic rings. The number of rotatable bonds is 4. The van der Waals surface area contributed by atoms with Crippen LogP contribution in [0.3, 0.4) is 0 Å². The normalized spacial score (nSPS) is 10.9. The second kappa shape index (κ2) is 8.65. The van der Waals surface area contributed by atoms with Crippen molar-refractivity contribution >= 4 is 22.6 Å². The van der Waals surface area contributed by atoms with E-state index in [0.29, 0.717) is 27.8 Å². The first kappa shape index (κ1) is 21.9. The first-order valence-corrected chi connectivity index (χ1v) is 10.2. The number of aryl methyl sites for hydroxylation is 2. The van der Waals surface area contributed by atoms with Crippen molar-refractivity contribution in [2.45, 2.75) is 27.3 Å². The van der Waals surface area contributed by atoms with Crippen molar-refractivity contribution in [3.8, 4) is 5.69 Å². The molecule has 2 amide bonds. The van der Waals surface area contributed by atoms with Crippen LogP contribution in [0.1, 0.15) is 39.2 Å². The Morgan fingerprint density at radius 2 is 1.58 bits per heavy atom. The molecule has 0 atom stereocenters. The number of nitrogens with zero attached hydrogens (tertiary/aromatic N) is 4. The lowest BCUT2D eigenvalue weighted by molar-refractivity contribution is 0.0843. The zero-order valence-electron chi connectivity index (χ0n) is 18.2. The number of hydrazine groups is 1. The topological polar surface area (TPSA) is 111 Å². The largest absolute Gasteiger partial charge is 0.290 e. The van der Waals surface area contributed by atoms with Gasteiger partial charge in [-0.1, -0.05) is 18.2 Å². The van der Waals surface area contributed by atoms with E-state index in [4.69, 9.17) is 0 Å². The molecule has 2 heterocycles. The number of carbonyl (C=O) groups is 2. The maximum Gasteiger partial charge on any atom is 0.290 e. The average Bonchev–Trinajstić information content (AvgIpc) is 3.12. The van der Waals surface area contributed by atoms with Crippen LogP contribution in [0.5, 0.6) is 0 Å². The van der Waals surface area contributed by atoms with Crippen molar-refractivity contribution in [1.29, 1.82) is 0 Å². The standard InChI is InChI=1S/C23H21FN6O3/c1-4-29-23(33)18-8-6-5-7-17(18)20(28-29)22(32)26-25-21(31)19-13(2)27-30(14(19)3)16-11-9-15(24)10-12-16/h5-12H,4H2,1-3H3,(H,25,31)(H,26,32). The summed E-state index contributed by atoms with van der Waals surface area (Å²) >= 11 is 0. The van der Waals surface area contributed by atoms with Gasteiger partial charge in [-0.2, -0.15) is 10.2 Å². The smallest absolute Gasteiger partial charge is 0.267 e. The van der Waals surface area contributed by atoms with Gasteiger partial charge in [0.2, 0.25) is 0 Å². The van der Waals surface area contributed by atoms with Crippen molar-refractivity contribution in [3.63, 3.8) is 0 Å². The van der Waals surface area contributed by atoms with E-state index in [9.17, 15) is 18.8 Å². The number of halogens is 1. The van der Waals surface area contributed by atoms with Crippen molar-refractivity contribution < 1.29 is 14.0 Å². The third-order valence-electron chi connectivity index (χ3n) is 5.26. The molecule has 0 saturated heterocycles. The molecule has 0 bridgehead atoms. The van der Waals surface area contributed by atoms with Gasteiger partial charge < -0.3 is 0 Å². The molecule has 168 valence electrons. The average molecular weight is 448 g/mol. The predicted molar refractivity (Wildman–Crippen MR) is 120 cm³/mol. The maximum atomic E-state index is 13.2. The first-order chi connectivity index (χ1) is 15.8. The highest BCUT2D eigenvalue weighted by Gasteiger charge is 2.21. The number of nitrogens with one attached hydrogen (secondary N) is 2. The van der Waals surface area contributed by atoms with Crippen molar-refractivity contribution in [2.24, 2.45) is 0 Å². The Morgan fingerprint density at radius 1 is 0.939 bits per heavy atom. The predicted octanol–water partition coefficient (Wildman–Crippen LogP) is 2.43. The fourth-order valence-corrected chi connectivity index (χ4v) is 3.66. The van der Waals surface area contributed by atoms with Crippen LogP contribution in [-0.2, 0) is 6.54 Å². The Hall–Kier alpha value is -4.34. The summed E-state index contributed by atoms with van der Waals surface area (Å²) < 4.78 is 16.0. The number of amides is 2.